The van der Waals surface area contributed by atoms with Crippen molar-refractivity contribution >= 4 is 28.7 Å². The van der Waals surface area contributed by atoms with Crippen LogP contribution in [0.25, 0.3) is 0 Å². The predicted octanol–water partition coefficient (Wildman–Crippen LogP) is 4.32. The molecule has 0 radical (unpaired) electrons. The van der Waals surface area contributed by atoms with Gasteiger partial charge in [-0.1, -0.05) is 29.5 Å². The minimum absolute atomic E-state index is 0.0779. The Morgan fingerprint density at radius 1 is 1.10 bits per heavy atom. The van der Waals surface area contributed by atoms with E-state index in [1.54, 1.807) is 13.1 Å². The molecule has 226 valence electrons. The van der Waals surface area contributed by atoms with Crippen molar-refractivity contribution in [3.05, 3.63) is 88.1 Å². The molecule has 0 aliphatic rings. The van der Waals surface area contributed by atoms with E-state index < -0.39 is 18.0 Å². The van der Waals surface area contributed by atoms with E-state index in [-0.39, 0.29) is 12.2 Å². The third kappa shape index (κ3) is 14.3. The van der Waals surface area contributed by atoms with Crippen molar-refractivity contribution in [3.63, 3.8) is 0 Å². The Kier molecular flexibility index (Phi) is 14.0. The van der Waals surface area contributed by atoms with Crippen molar-refractivity contribution in [2.75, 3.05) is 12.4 Å². The molecular formula is C28H34F3N7O3S. The molecule has 0 saturated heterocycles. The average molecular weight is 606 g/mol. The van der Waals surface area contributed by atoms with Crippen LogP contribution in [0.15, 0.2) is 66.1 Å². The number of nitrogens with two attached hydrogens (primary N) is 2. The van der Waals surface area contributed by atoms with Crippen LogP contribution in [0.2, 0.25) is 0 Å². The zero-order valence-electron chi connectivity index (χ0n) is 23.3. The van der Waals surface area contributed by atoms with Gasteiger partial charge in [-0.2, -0.15) is 0 Å². The fraction of sp³-hybridized carbons (Fsp3) is 0.321. The van der Waals surface area contributed by atoms with Gasteiger partial charge in [0, 0.05) is 37.0 Å². The number of ether oxygens (including phenoxy) is 1. The zero-order valence-corrected chi connectivity index (χ0v) is 24.1. The van der Waals surface area contributed by atoms with E-state index in [1.165, 1.54) is 29.5 Å². The van der Waals surface area contributed by atoms with Gasteiger partial charge >= 0.3 is 6.36 Å². The molecule has 0 saturated carbocycles. The summed E-state index contributed by atoms with van der Waals surface area (Å²) >= 11 is 1.51. The Morgan fingerprint density at radius 3 is 2.52 bits per heavy atom. The Bertz CT molecular complexity index is 1360. The summed E-state index contributed by atoms with van der Waals surface area (Å²) in [5, 5.41) is 15.2. The predicted molar refractivity (Wildman–Crippen MR) is 155 cm³/mol. The number of carbonyl (C=O) groups excluding carboxylic acids is 2. The van der Waals surface area contributed by atoms with Gasteiger partial charge in [-0.25, -0.2) is 0 Å². The Hall–Kier alpha value is -4.46. The molecule has 3 aromatic rings. The number of aryl methyl sites for hydroxylation is 2. The summed E-state index contributed by atoms with van der Waals surface area (Å²) in [5.74, 6) is -0.794. The van der Waals surface area contributed by atoms with Crippen molar-refractivity contribution in [1.29, 1.82) is 0 Å². The average Bonchev–Trinajstić information content (AvgIpc) is 3.38. The topological polar surface area (TPSA) is 158 Å². The second-order valence-electron chi connectivity index (χ2n) is 8.88. The normalized spacial score (nSPS) is 11.7. The van der Waals surface area contributed by atoms with Gasteiger partial charge in [-0.3, -0.25) is 9.78 Å². The number of nitrogens with one attached hydrogen (secondary N) is 2. The van der Waals surface area contributed by atoms with Gasteiger partial charge in [-0.05, 0) is 68.2 Å². The number of halogens is 3. The van der Waals surface area contributed by atoms with Crippen molar-refractivity contribution < 1.29 is 27.5 Å². The zero-order chi connectivity index (χ0) is 31.0. The third-order valence-electron chi connectivity index (χ3n) is 5.28. The summed E-state index contributed by atoms with van der Waals surface area (Å²) in [4.78, 5) is 26.2. The fourth-order valence-electron chi connectivity index (χ4n) is 3.42. The molecule has 6 N–H and O–H groups in total. The van der Waals surface area contributed by atoms with Crippen LogP contribution in [-0.2, 0) is 28.9 Å². The van der Waals surface area contributed by atoms with E-state index in [2.05, 4.69) is 30.6 Å². The standard InChI is InChI=1S/C20H25F3N6O2S.C8H9NO/c1-26-19-29-28-18(32-19)8-3-2-6-14(24)9-10-16(25)27-17(30)12-13-5-4-7-15(11-13)31-20(21,22)23;1-7-3-2-4-8(9-7)5-6-10/h4-5,7,9-11H,2-3,6,8,12,24-25H2,1H3,(H,26,29)(H,27,30);2-4,6H,5H2,1H3/b14-9-,16-10+;. The van der Waals surface area contributed by atoms with Crippen LogP contribution in [0, 0.1) is 6.92 Å². The first-order chi connectivity index (χ1) is 20.0. The van der Waals surface area contributed by atoms with Crippen molar-refractivity contribution in [1.82, 2.24) is 20.5 Å². The van der Waals surface area contributed by atoms with Crippen molar-refractivity contribution in [3.8, 4) is 5.75 Å². The smallest absolute Gasteiger partial charge is 0.406 e. The van der Waals surface area contributed by atoms with Crippen LogP contribution in [0.3, 0.4) is 0 Å². The number of aldehydes is 1. The first kappa shape index (κ1) is 33.7. The number of hydrogen-bond acceptors (Lipinski definition) is 10. The number of nitrogens with zero attached hydrogens (tertiary/aromatic N) is 3. The molecule has 2 aromatic heterocycles. The van der Waals surface area contributed by atoms with Crippen LogP contribution in [0.5, 0.6) is 5.75 Å². The van der Waals surface area contributed by atoms with E-state index in [4.69, 9.17) is 11.5 Å². The molecule has 42 heavy (non-hydrogen) atoms. The molecule has 0 aliphatic carbocycles. The maximum Gasteiger partial charge on any atom is 0.573 e. The molecule has 0 spiro atoms. The van der Waals surface area contributed by atoms with Crippen molar-refractivity contribution in [2.45, 2.75) is 51.8 Å². The number of amides is 1. The number of allylic oxidation sites excluding steroid dienone is 3. The number of aromatic nitrogens is 3. The van der Waals surface area contributed by atoms with Crippen LogP contribution >= 0.6 is 11.3 Å². The fourth-order valence-corrected chi connectivity index (χ4v) is 4.16. The number of anilines is 1. The maximum absolute atomic E-state index is 12.3. The minimum atomic E-state index is -4.80. The highest BCUT2D eigenvalue weighted by Crippen LogP contribution is 2.23. The molecular weight excluding hydrogens is 571 g/mol. The second-order valence-corrected chi connectivity index (χ2v) is 9.94. The molecule has 0 aliphatic heterocycles. The number of benzene rings is 1. The summed E-state index contributed by atoms with van der Waals surface area (Å²) in [5.41, 5.74) is 14.5. The number of unbranched alkanes of at least 4 members (excludes halogenated alkanes) is 1. The summed E-state index contributed by atoms with van der Waals surface area (Å²) in [6.45, 7) is 1.91. The lowest BCUT2D eigenvalue weighted by atomic mass is 10.1. The van der Waals surface area contributed by atoms with Gasteiger partial charge in [-0.15, -0.1) is 23.4 Å². The molecule has 0 atom stereocenters. The van der Waals surface area contributed by atoms with Crippen molar-refractivity contribution in [2.24, 2.45) is 11.5 Å². The van der Waals surface area contributed by atoms with E-state index in [9.17, 15) is 22.8 Å². The number of alkyl halides is 3. The highest BCUT2D eigenvalue weighted by Gasteiger charge is 2.31. The first-order valence-electron chi connectivity index (χ1n) is 12.9. The molecule has 14 heteroatoms. The summed E-state index contributed by atoms with van der Waals surface area (Å²) in [6, 6.07) is 10.9. The summed E-state index contributed by atoms with van der Waals surface area (Å²) in [6.07, 6.45) is 2.63. The van der Waals surface area contributed by atoms with E-state index >= 15 is 0 Å². The molecule has 3 rings (SSSR count). The van der Waals surface area contributed by atoms with E-state index in [1.807, 2.05) is 25.1 Å². The van der Waals surface area contributed by atoms with Gasteiger partial charge in [0.05, 0.1) is 6.42 Å². The van der Waals surface area contributed by atoms with Gasteiger partial charge in [0.2, 0.25) is 11.0 Å². The number of hydrogen-bond donors (Lipinski definition) is 4. The lowest BCUT2D eigenvalue weighted by Crippen LogP contribution is -2.28. The monoisotopic (exact) mass is 605 g/mol. The Labute approximate surface area is 246 Å². The molecule has 1 aromatic carbocycles. The molecule has 0 unspecified atom stereocenters. The molecule has 0 fully saturated rings. The Balaban J connectivity index is 0.000000518. The highest BCUT2D eigenvalue weighted by atomic mass is 32.1. The SMILES string of the molecule is CNc1nnc(CCCC/C(N)=C/C=C(\N)NC(=O)Cc2cccc(OC(F)(F)F)c2)s1.Cc1cccc(CC=O)n1. The Morgan fingerprint density at radius 2 is 1.86 bits per heavy atom. The van der Waals surface area contributed by atoms with E-state index in [0.717, 1.165) is 59.2 Å². The van der Waals surface area contributed by atoms with E-state index in [0.29, 0.717) is 24.1 Å². The van der Waals surface area contributed by atoms with Gasteiger partial charge in [0.15, 0.2) is 0 Å². The second kappa shape index (κ2) is 17.4. The van der Waals surface area contributed by atoms with Crippen LogP contribution in [-0.4, -0.2) is 40.8 Å². The maximum atomic E-state index is 12.3. The van der Waals surface area contributed by atoms with Gasteiger partial charge < -0.3 is 31.6 Å². The highest BCUT2D eigenvalue weighted by molar-refractivity contribution is 7.15. The lowest BCUT2D eigenvalue weighted by molar-refractivity contribution is -0.274. The molecule has 0 bridgehead atoms. The summed E-state index contributed by atoms with van der Waals surface area (Å²) < 4.78 is 40.7. The number of pyridine rings is 1. The van der Waals surface area contributed by atoms with Crippen LogP contribution in [0.1, 0.15) is 41.2 Å². The largest absolute Gasteiger partial charge is 0.573 e. The van der Waals surface area contributed by atoms with Gasteiger partial charge in [0.1, 0.15) is 22.9 Å². The minimum Gasteiger partial charge on any atom is -0.406 e. The van der Waals surface area contributed by atoms with Crippen LogP contribution < -0.4 is 26.8 Å². The molecule has 1 amide bonds. The molecule has 10 nitrogen and oxygen atoms in total. The number of rotatable bonds is 13. The number of carbonyl (C=O) groups is 2. The third-order valence-corrected chi connectivity index (χ3v) is 6.28. The summed E-state index contributed by atoms with van der Waals surface area (Å²) in [7, 11) is 1.79. The van der Waals surface area contributed by atoms with Gasteiger partial charge in [0.25, 0.3) is 0 Å². The van der Waals surface area contributed by atoms with Crippen LogP contribution in [0.4, 0.5) is 18.3 Å². The quantitative estimate of drug-likeness (QED) is 0.126. The molecule has 2 heterocycles. The first-order valence-corrected chi connectivity index (χ1v) is 13.7. The lowest BCUT2D eigenvalue weighted by Gasteiger charge is -2.10.